The Morgan fingerprint density at radius 2 is 1.88 bits per heavy atom. The molecule has 0 fully saturated rings. The molecule has 84 valence electrons. The fourth-order valence-corrected chi connectivity index (χ4v) is 2.16. The second-order valence-electron chi connectivity index (χ2n) is 3.79. The molecular formula is C13H9ClN2O. The van der Waals surface area contributed by atoms with Crippen LogP contribution in [0.3, 0.4) is 0 Å². The summed E-state index contributed by atoms with van der Waals surface area (Å²) in [5, 5.41) is 6.49. The Morgan fingerprint density at radius 1 is 1.12 bits per heavy atom. The Kier molecular flexibility index (Phi) is 2.34. The number of hydrogen-bond donors (Lipinski definition) is 0. The molecule has 0 bridgehead atoms. The summed E-state index contributed by atoms with van der Waals surface area (Å²) in [7, 11) is 0. The lowest BCUT2D eigenvalue weighted by molar-refractivity contribution is 0.426. The highest BCUT2D eigenvalue weighted by molar-refractivity contribution is 6.36. The quantitative estimate of drug-likeness (QED) is 0.653. The molecule has 3 aromatic rings. The van der Waals surface area contributed by atoms with Gasteiger partial charge in [-0.2, -0.15) is 4.98 Å². The van der Waals surface area contributed by atoms with E-state index in [2.05, 4.69) is 10.1 Å². The van der Waals surface area contributed by atoms with E-state index < -0.39 is 0 Å². The van der Waals surface area contributed by atoms with E-state index in [9.17, 15) is 0 Å². The van der Waals surface area contributed by atoms with Crippen LogP contribution in [0, 0.1) is 6.92 Å². The minimum atomic E-state index is 0.501. The van der Waals surface area contributed by atoms with E-state index >= 15 is 0 Å². The molecule has 0 unspecified atom stereocenters. The smallest absolute Gasteiger partial charge is 0.258 e. The van der Waals surface area contributed by atoms with Gasteiger partial charge in [-0.3, -0.25) is 0 Å². The van der Waals surface area contributed by atoms with E-state index in [0.717, 1.165) is 16.3 Å². The lowest BCUT2D eigenvalue weighted by atomic mass is 10.0. The molecular weight excluding hydrogens is 236 g/mol. The van der Waals surface area contributed by atoms with E-state index in [0.29, 0.717) is 16.7 Å². The van der Waals surface area contributed by atoms with Crippen LogP contribution < -0.4 is 0 Å². The first-order chi connectivity index (χ1) is 8.25. The number of rotatable bonds is 1. The lowest BCUT2D eigenvalue weighted by Gasteiger charge is -2.04. The van der Waals surface area contributed by atoms with Gasteiger partial charge in [0.1, 0.15) is 0 Å². The zero-order valence-corrected chi connectivity index (χ0v) is 9.90. The predicted molar refractivity (Wildman–Crippen MR) is 67.0 cm³/mol. The summed E-state index contributed by atoms with van der Waals surface area (Å²) in [6.45, 7) is 1.79. The summed E-state index contributed by atoms with van der Waals surface area (Å²) in [4.78, 5) is 4.24. The monoisotopic (exact) mass is 244 g/mol. The second-order valence-corrected chi connectivity index (χ2v) is 4.20. The summed E-state index contributed by atoms with van der Waals surface area (Å²) in [6.07, 6.45) is 0. The Bertz CT molecular complexity index is 685. The van der Waals surface area contributed by atoms with Crippen molar-refractivity contribution in [1.82, 2.24) is 10.1 Å². The van der Waals surface area contributed by atoms with Crippen molar-refractivity contribution in [3.63, 3.8) is 0 Å². The van der Waals surface area contributed by atoms with Crippen molar-refractivity contribution in [2.75, 3.05) is 0 Å². The van der Waals surface area contributed by atoms with E-state index in [1.807, 2.05) is 36.4 Å². The largest absolute Gasteiger partial charge is 0.334 e. The van der Waals surface area contributed by atoms with Crippen molar-refractivity contribution in [1.29, 1.82) is 0 Å². The highest BCUT2D eigenvalue weighted by Gasteiger charge is 2.12. The van der Waals surface area contributed by atoms with Crippen molar-refractivity contribution in [2.45, 2.75) is 6.92 Å². The molecule has 17 heavy (non-hydrogen) atoms. The number of fused-ring (bicyclic) bond motifs is 1. The zero-order valence-electron chi connectivity index (χ0n) is 9.14. The molecule has 1 heterocycles. The van der Waals surface area contributed by atoms with Crippen LogP contribution in [0.5, 0.6) is 0 Å². The summed E-state index contributed by atoms with van der Waals surface area (Å²) in [6, 6.07) is 11.7. The van der Waals surface area contributed by atoms with Gasteiger partial charge in [-0.25, -0.2) is 0 Å². The zero-order chi connectivity index (χ0) is 11.8. The Hall–Kier alpha value is -1.87. The van der Waals surface area contributed by atoms with E-state index in [-0.39, 0.29) is 0 Å². The standard InChI is InChI=1S/C13H9ClN2O/c1-8-15-13(17-16-8)10-6-2-4-9-5-3-7-11(14)12(9)10/h2-7H,1H3. The molecule has 0 saturated carbocycles. The van der Waals surface area contributed by atoms with Crippen LogP contribution in [0.15, 0.2) is 40.9 Å². The predicted octanol–water partition coefficient (Wildman–Crippen LogP) is 3.85. The number of aromatic nitrogens is 2. The van der Waals surface area contributed by atoms with Gasteiger partial charge in [0.15, 0.2) is 5.82 Å². The Morgan fingerprint density at radius 3 is 2.59 bits per heavy atom. The fourth-order valence-electron chi connectivity index (χ4n) is 1.88. The highest BCUT2D eigenvalue weighted by atomic mass is 35.5. The van der Waals surface area contributed by atoms with E-state index in [1.54, 1.807) is 6.92 Å². The van der Waals surface area contributed by atoms with Gasteiger partial charge < -0.3 is 4.52 Å². The molecule has 0 N–H and O–H groups in total. The number of nitrogens with zero attached hydrogens (tertiary/aromatic N) is 2. The van der Waals surface area contributed by atoms with E-state index in [1.165, 1.54) is 0 Å². The van der Waals surface area contributed by atoms with Crippen molar-refractivity contribution >= 4 is 22.4 Å². The highest BCUT2D eigenvalue weighted by Crippen LogP contribution is 2.32. The molecule has 4 heteroatoms. The molecule has 3 nitrogen and oxygen atoms in total. The van der Waals surface area contributed by atoms with Crippen molar-refractivity contribution in [3.8, 4) is 11.5 Å². The van der Waals surface area contributed by atoms with Crippen LogP contribution in [0.1, 0.15) is 5.82 Å². The summed E-state index contributed by atoms with van der Waals surface area (Å²) in [5.41, 5.74) is 0.869. The Labute approximate surface area is 103 Å². The SMILES string of the molecule is Cc1noc(-c2cccc3cccc(Cl)c23)n1. The maximum Gasteiger partial charge on any atom is 0.258 e. The van der Waals surface area contributed by atoms with Gasteiger partial charge in [0.25, 0.3) is 5.89 Å². The second kappa shape index (κ2) is 3.86. The normalized spacial score (nSPS) is 10.9. The molecule has 0 amide bonds. The van der Waals surface area contributed by atoms with Gasteiger partial charge >= 0.3 is 0 Å². The van der Waals surface area contributed by atoms with Crippen molar-refractivity contribution in [3.05, 3.63) is 47.2 Å². The first kappa shape index (κ1) is 10.3. The third-order valence-electron chi connectivity index (χ3n) is 2.61. The number of halogens is 1. The van der Waals surface area contributed by atoms with Gasteiger partial charge in [-0.15, -0.1) is 0 Å². The first-order valence-electron chi connectivity index (χ1n) is 5.23. The molecule has 1 aromatic heterocycles. The van der Waals surface area contributed by atoms with Crippen LogP contribution >= 0.6 is 11.6 Å². The van der Waals surface area contributed by atoms with Gasteiger partial charge in [0.2, 0.25) is 0 Å². The van der Waals surface area contributed by atoms with Crippen LogP contribution in [0.25, 0.3) is 22.2 Å². The summed E-state index contributed by atoms with van der Waals surface area (Å²) < 4.78 is 5.19. The topological polar surface area (TPSA) is 38.9 Å². The fraction of sp³-hybridized carbons (Fsp3) is 0.0769. The number of hydrogen-bond acceptors (Lipinski definition) is 3. The Balaban J connectivity index is 2.37. The van der Waals surface area contributed by atoms with Crippen molar-refractivity contribution < 1.29 is 4.52 Å². The molecule has 0 saturated heterocycles. The van der Waals surface area contributed by atoms with Gasteiger partial charge in [-0.1, -0.05) is 41.0 Å². The maximum absolute atomic E-state index is 6.23. The lowest BCUT2D eigenvalue weighted by Crippen LogP contribution is -1.82. The average molecular weight is 245 g/mol. The first-order valence-corrected chi connectivity index (χ1v) is 5.61. The third-order valence-corrected chi connectivity index (χ3v) is 2.93. The maximum atomic E-state index is 6.23. The number of aryl methyl sites for hydroxylation is 1. The van der Waals surface area contributed by atoms with Gasteiger partial charge in [0, 0.05) is 16.0 Å². The van der Waals surface area contributed by atoms with E-state index in [4.69, 9.17) is 16.1 Å². The minimum Gasteiger partial charge on any atom is -0.334 e. The molecule has 0 aliphatic rings. The van der Waals surface area contributed by atoms with Crippen LogP contribution in [0.4, 0.5) is 0 Å². The average Bonchev–Trinajstić information content (AvgIpc) is 2.75. The minimum absolute atomic E-state index is 0.501. The number of benzene rings is 2. The molecule has 0 spiro atoms. The third kappa shape index (κ3) is 1.68. The molecule has 2 aromatic carbocycles. The van der Waals surface area contributed by atoms with Gasteiger partial charge in [0.05, 0.1) is 0 Å². The summed E-state index contributed by atoms with van der Waals surface area (Å²) >= 11 is 6.23. The van der Waals surface area contributed by atoms with Crippen LogP contribution in [0.2, 0.25) is 5.02 Å². The molecule has 0 radical (unpaired) electrons. The molecule has 0 aliphatic carbocycles. The van der Waals surface area contributed by atoms with Crippen molar-refractivity contribution in [2.24, 2.45) is 0 Å². The van der Waals surface area contributed by atoms with Gasteiger partial charge in [-0.05, 0) is 24.4 Å². The molecule has 3 rings (SSSR count). The molecule has 0 aliphatic heterocycles. The molecule has 0 atom stereocenters. The van der Waals surface area contributed by atoms with Crippen LogP contribution in [-0.2, 0) is 0 Å². The summed E-state index contributed by atoms with van der Waals surface area (Å²) in [5.74, 6) is 1.12. The van der Waals surface area contributed by atoms with Crippen LogP contribution in [-0.4, -0.2) is 10.1 Å².